The number of carbonyl (C=O) groups is 1. The molecule has 1 saturated heterocycles. The summed E-state index contributed by atoms with van der Waals surface area (Å²) >= 11 is 0. The topological polar surface area (TPSA) is 38.8 Å². The second-order valence-corrected chi connectivity index (χ2v) is 7.19. The zero-order valence-corrected chi connectivity index (χ0v) is 16.3. The maximum atomic E-state index is 11.6. The molecule has 27 heavy (non-hydrogen) atoms. The van der Waals surface area contributed by atoms with E-state index in [4.69, 9.17) is 9.47 Å². The Hall–Kier alpha value is -2.33. The van der Waals surface area contributed by atoms with Gasteiger partial charge in [0, 0.05) is 7.05 Å². The number of nitrogens with zero attached hydrogens (tertiary/aromatic N) is 1. The number of aryl methyl sites for hydroxylation is 2. The lowest BCUT2D eigenvalue weighted by molar-refractivity contribution is -0.147. The zero-order valence-electron chi connectivity index (χ0n) is 16.3. The molecule has 1 aliphatic rings. The summed E-state index contributed by atoms with van der Waals surface area (Å²) in [6.07, 6.45) is 5.60. The second kappa shape index (κ2) is 9.56. The summed E-state index contributed by atoms with van der Waals surface area (Å²) < 4.78 is 11.3. The van der Waals surface area contributed by atoms with E-state index in [9.17, 15) is 4.79 Å². The van der Waals surface area contributed by atoms with Gasteiger partial charge in [0.2, 0.25) is 5.91 Å². The molecule has 1 fully saturated rings. The van der Waals surface area contributed by atoms with Crippen molar-refractivity contribution in [2.75, 3.05) is 27.3 Å². The number of amides is 1. The molecule has 1 atom stereocenters. The van der Waals surface area contributed by atoms with Crippen LogP contribution >= 0.6 is 0 Å². The highest BCUT2D eigenvalue weighted by molar-refractivity contribution is 5.77. The first-order chi connectivity index (χ1) is 13.2. The van der Waals surface area contributed by atoms with Crippen LogP contribution in [-0.2, 0) is 22.4 Å². The number of unbranched alkanes of at least 4 members (excludes halogenated alkanes) is 2. The number of hydrogen-bond donors (Lipinski definition) is 0. The Kier molecular flexibility index (Phi) is 6.88. The Balaban J connectivity index is 1.55. The molecule has 0 radical (unpaired) electrons. The molecule has 0 aliphatic carbocycles. The Morgan fingerprint density at radius 3 is 2.59 bits per heavy atom. The summed E-state index contributed by atoms with van der Waals surface area (Å²) in [6, 6.07) is 16.9. The number of carbonyl (C=O) groups excluding carboxylic acids is 1. The summed E-state index contributed by atoms with van der Waals surface area (Å²) in [5.74, 6) is 0.973. The van der Waals surface area contributed by atoms with Crippen LogP contribution in [0.4, 0.5) is 0 Å². The normalized spacial score (nSPS) is 17.2. The maximum Gasteiger partial charge on any atom is 0.248 e. The van der Waals surface area contributed by atoms with Crippen molar-refractivity contribution in [1.29, 1.82) is 0 Å². The third kappa shape index (κ3) is 5.33. The summed E-state index contributed by atoms with van der Waals surface area (Å²) in [6.45, 7) is 0.754. The fraction of sp³-hybridized carbons (Fsp3) is 0.435. The molecule has 3 rings (SSSR count). The van der Waals surface area contributed by atoms with E-state index in [0.29, 0.717) is 6.54 Å². The number of likely N-dealkylation sites (N-methyl/N-ethyl adjacent to an activating group) is 1. The van der Waals surface area contributed by atoms with Crippen LogP contribution in [-0.4, -0.2) is 38.1 Å². The molecule has 2 aromatic carbocycles. The van der Waals surface area contributed by atoms with Gasteiger partial charge in [-0.2, -0.15) is 0 Å². The number of benzene rings is 2. The lowest BCUT2D eigenvalue weighted by Gasteiger charge is -2.30. The van der Waals surface area contributed by atoms with Gasteiger partial charge in [-0.3, -0.25) is 4.79 Å². The minimum absolute atomic E-state index is 0.0402. The van der Waals surface area contributed by atoms with Crippen LogP contribution < -0.4 is 4.74 Å². The zero-order chi connectivity index (χ0) is 19.1. The molecule has 0 N–H and O–H groups in total. The fourth-order valence-electron chi connectivity index (χ4n) is 3.55. The van der Waals surface area contributed by atoms with Crippen molar-refractivity contribution in [3.63, 3.8) is 0 Å². The van der Waals surface area contributed by atoms with Crippen molar-refractivity contribution in [3.05, 3.63) is 65.2 Å². The average Bonchev–Trinajstić information content (AvgIpc) is 2.70. The van der Waals surface area contributed by atoms with Crippen LogP contribution in [0.3, 0.4) is 0 Å². The molecule has 1 amide bonds. The Labute approximate surface area is 162 Å². The predicted molar refractivity (Wildman–Crippen MR) is 107 cm³/mol. The molecule has 0 bridgehead atoms. The molecular weight excluding hydrogens is 338 g/mol. The van der Waals surface area contributed by atoms with Crippen LogP contribution in [0, 0.1) is 0 Å². The molecular formula is C23H29NO3. The first-order valence-corrected chi connectivity index (χ1v) is 9.73. The highest BCUT2D eigenvalue weighted by Gasteiger charge is 2.25. The molecule has 144 valence electrons. The van der Waals surface area contributed by atoms with Crippen LogP contribution in [0.2, 0.25) is 0 Å². The minimum atomic E-state index is -0.0598. The highest BCUT2D eigenvalue weighted by atomic mass is 16.5. The first kappa shape index (κ1) is 19.4. The maximum absolute atomic E-state index is 11.6. The van der Waals surface area contributed by atoms with E-state index in [1.54, 1.807) is 12.0 Å². The van der Waals surface area contributed by atoms with E-state index in [1.165, 1.54) is 24.0 Å². The molecule has 1 unspecified atom stereocenters. The molecule has 1 heterocycles. The van der Waals surface area contributed by atoms with E-state index >= 15 is 0 Å². The van der Waals surface area contributed by atoms with E-state index in [-0.39, 0.29) is 18.6 Å². The number of hydrogen-bond acceptors (Lipinski definition) is 3. The Bertz CT molecular complexity index is 745. The smallest absolute Gasteiger partial charge is 0.248 e. The van der Waals surface area contributed by atoms with Gasteiger partial charge in [0.05, 0.1) is 13.7 Å². The van der Waals surface area contributed by atoms with Gasteiger partial charge in [-0.15, -0.1) is 0 Å². The number of rotatable bonds is 8. The van der Waals surface area contributed by atoms with Gasteiger partial charge >= 0.3 is 0 Å². The Morgan fingerprint density at radius 1 is 1.07 bits per heavy atom. The monoisotopic (exact) mass is 367 g/mol. The number of ether oxygens (including phenoxy) is 2. The summed E-state index contributed by atoms with van der Waals surface area (Å²) in [4.78, 5) is 13.4. The van der Waals surface area contributed by atoms with Crippen molar-refractivity contribution >= 4 is 5.91 Å². The van der Waals surface area contributed by atoms with E-state index in [2.05, 4.69) is 36.4 Å². The molecule has 2 aromatic rings. The molecule has 4 heteroatoms. The van der Waals surface area contributed by atoms with Gasteiger partial charge in [-0.05, 0) is 54.5 Å². The van der Waals surface area contributed by atoms with E-state index in [1.807, 2.05) is 19.2 Å². The summed E-state index contributed by atoms with van der Waals surface area (Å²) in [7, 11) is 3.55. The third-order valence-corrected chi connectivity index (χ3v) is 5.20. The quantitative estimate of drug-likeness (QED) is 0.657. The van der Waals surface area contributed by atoms with Gasteiger partial charge in [0.1, 0.15) is 18.5 Å². The van der Waals surface area contributed by atoms with Crippen molar-refractivity contribution in [2.45, 2.75) is 38.2 Å². The molecule has 0 saturated carbocycles. The average molecular weight is 367 g/mol. The van der Waals surface area contributed by atoms with Gasteiger partial charge in [0.25, 0.3) is 0 Å². The van der Waals surface area contributed by atoms with Crippen molar-refractivity contribution < 1.29 is 14.3 Å². The predicted octanol–water partition coefficient (Wildman–Crippen LogP) is 4.18. The molecule has 4 nitrogen and oxygen atoms in total. The lowest BCUT2D eigenvalue weighted by Crippen LogP contribution is -2.40. The van der Waals surface area contributed by atoms with Crippen molar-refractivity contribution in [1.82, 2.24) is 4.90 Å². The number of methoxy groups -OCH3 is 1. The van der Waals surface area contributed by atoms with Crippen LogP contribution in [0.25, 0.3) is 0 Å². The van der Waals surface area contributed by atoms with E-state index in [0.717, 1.165) is 30.6 Å². The van der Waals surface area contributed by atoms with Crippen LogP contribution in [0.5, 0.6) is 5.75 Å². The van der Waals surface area contributed by atoms with Gasteiger partial charge in [0.15, 0.2) is 0 Å². The van der Waals surface area contributed by atoms with Crippen LogP contribution in [0.15, 0.2) is 48.5 Å². The van der Waals surface area contributed by atoms with Crippen LogP contribution in [0.1, 0.15) is 42.1 Å². The molecule has 1 aliphatic heterocycles. The standard InChI is InChI=1S/C23H29NO3/c1-24-16-22(27-17-23(24)25)20-13-14-21(26-2)19(15-20)12-8-4-7-11-18-9-5-3-6-10-18/h3,5-6,9-10,13-15,22H,4,7-8,11-12,16-17H2,1-2H3. The minimum Gasteiger partial charge on any atom is -0.496 e. The first-order valence-electron chi connectivity index (χ1n) is 9.73. The largest absolute Gasteiger partial charge is 0.496 e. The van der Waals surface area contributed by atoms with Crippen molar-refractivity contribution in [2.24, 2.45) is 0 Å². The summed E-state index contributed by atoms with van der Waals surface area (Å²) in [5, 5.41) is 0. The molecule has 0 spiro atoms. The third-order valence-electron chi connectivity index (χ3n) is 5.20. The van der Waals surface area contributed by atoms with Gasteiger partial charge < -0.3 is 14.4 Å². The number of morpholine rings is 1. The lowest BCUT2D eigenvalue weighted by atomic mass is 9.99. The van der Waals surface area contributed by atoms with E-state index < -0.39 is 0 Å². The fourth-order valence-corrected chi connectivity index (χ4v) is 3.55. The highest BCUT2D eigenvalue weighted by Crippen LogP contribution is 2.28. The Morgan fingerprint density at radius 2 is 1.85 bits per heavy atom. The van der Waals surface area contributed by atoms with Crippen molar-refractivity contribution in [3.8, 4) is 5.75 Å². The van der Waals surface area contributed by atoms with Gasteiger partial charge in [-0.1, -0.05) is 42.8 Å². The molecule has 0 aromatic heterocycles. The SMILES string of the molecule is COc1ccc(C2CN(C)C(=O)CO2)cc1CCCCCc1ccccc1. The van der Waals surface area contributed by atoms with Gasteiger partial charge in [-0.25, -0.2) is 0 Å². The summed E-state index contributed by atoms with van der Waals surface area (Å²) in [5.41, 5.74) is 3.75. The second-order valence-electron chi connectivity index (χ2n) is 7.19.